The number of esters is 1. The number of hydrogen-bond donors (Lipinski definition) is 0. The molecule has 0 radical (unpaired) electrons. The van der Waals surface area contributed by atoms with Crippen LogP contribution in [0, 0.1) is 0 Å². The Morgan fingerprint density at radius 2 is 1.71 bits per heavy atom. The zero-order valence-electron chi connectivity index (χ0n) is 13.6. The molecule has 2 heterocycles. The molecule has 0 spiro atoms. The first-order chi connectivity index (χ1) is 11.7. The number of benzene rings is 1. The molecule has 126 valence electrons. The summed E-state index contributed by atoms with van der Waals surface area (Å²) in [6, 6.07) is 8.78. The van der Waals surface area contributed by atoms with Gasteiger partial charge in [0.1, 0.15) is 0 Å². The van der Waals surface area contributed by atoms with Gasteiger partial charge in [0.2, 0.25) is 0 Å². The van der Waals surface area contributed by atoms with E-state index in [4.69, 9.17) is 0 Å². The van der Waals surface area contributed by atoms with E-state index in [0.717, 1.165) is 32.7 Å². The molecular formula is C18H20N2O3S. The molecule has 1 aromatic carbocycles. The van der Waals surface area contributed by atoms with E-state index in [0.29, 0.717) is 11.1 Å². The van der Waals surface area contributed by atoms with Crippen molar-refractivity contribution in [3.05, 3.63) is 57.8 Å². The lowest BCUT2D eigenvalue weighted by Crippen LogP contribution is -2.48. The summed E-state index contributed by atoms with van der Waals surface area (Å²) in [7, 11) is 1.34. The molecule has 6 heteroatoms. The molecule has 0 unspecified atom stereocenters. The van der Waals surface area contributed by atoms with Crippen molar-refractivity contribution in [1.29, 1.82) is 0 Å². The summed E-state index contributed by atoms with van der Waals surface area (Å²) in [5, 5.41) is 4.26. The summed E-state index contributed by atoms with van der Waals surface area (Å²) in [5.41, 5.74) is 2.39. The molecule has 0 saturated carbocycles. The van der Waals surface area contributed by atoms with Gasteiger partial charge in [-0.15, -0.1) is 0 Å². The fraction of sp³-hybridized carbons (Fsp3) is 0.333. The van der Waals surface area contributed by atoms with Gasteiger partial charge in [0, 0.05) is 38.3 Å². The van der Waals surface area contributed by atoms with Gasteiger partial charge in [-0.3, -0.25) is 9.69 Å². The number of carbonyl (C=O) groups is 2. The van der Waals surface area contributed by atoms with E-state index in [1.54, 1.807) is 35.6 Å². The number of amides is 1. The van der Waals surface area contributed by atoms with Crippen LogP contribution in [0.3, 0.4) is 0 Å². The van der Waals surface area contributed by atoms with Crippen LogP contribution in [0.1, 0.15) is 26.3 Å². The first-order valence-corrected chi connectivity index (χ1v) is 8.83. The van der Waals surface area contributed by atoms with E-state index in [-0.39, 0.29) is 5.91 Å². The standard InChI is InChI=1S/C18H20N2O3S/c1-23-18(22)16-4-2-15(3-5-16)17(21)20-9-7-19(8-10-20)12-14-6-11-24-13-14/h2-6,11,13H,7-10,12H2,1H3. The predicted octanol–water partition coefficient (Wildman–Crippen LogP) is 2.49. The maximum atomic E-state index is 12.6. The fourth-order valence-electron chi connectivity index (χ4n) is 2.80. The monoisotopic (exact) mass is 344 g/mol. The zero-order valence-corrected chi connectivity index (χ0v) is 14.4. The van der Waals surface area contributed by atoms with Gasteiger partial charge in [0.05, 0.1) is 12.7 Å². The third-order valence-corrected chi connectivity index (χ3v) is 4.93. The second-order valence-corrected chi connectivity index (χ2v) is 6.55. The Morgan fingerprint density at radius 3 is 2.29 bits per heavy atom. The van der Waals surface area contributed by atoms with Crippen molar-refractivity contribution in [3.8, 4) is 0 Å². The van der Waals surface area contributed by atoms with Gasteiger partial charge in [-0.05, 0) is 46.7 Å². The molecule has 2 aromatic rings. The van der Waals surface area contributed by atoms with E-state index < -0.39 is 5.97 Å². The highest BCUT2D eigenvalue weighted by Gasteiger charge is 2.22. The highest BCUT2D eigenvalue weighted by Crippen LogP contribution is 2.14. The lowest BCUT2D eigenvalue weighted by molar-refractivity contribution is 0.0596. The van der Waals surface area contributed by atoms with Crippen LogP contribution in [0.2, 0.25) is 0 Å². The normalized spacial score (nSPS) is 15.3. The molecule has 1 aliphatic heterocycles. The number of rotatable bonds is 4. The second kappa shape index (κ2) is 7.59. The van der Waals surface area contributed by atoms with Crippen molar-refractivity contribution in [3.63, 3.8) is 0 Å². The van der Waals surface area contributed by atoms with E-state index in [1.165, 1.54) is 12.7 Å². The summed E-state index contributed by atoms with van der Waals surface area (Å²) in [6.45, 7) is 4.15. The Kier molecular flexibility index (Phi) is 5.27. The SMILES string of the molecule is COC(=O)c1ccc(C(=O)N2CCN(Cc3ccsc3)CC2)cc1. The van der Waals surface area contributed by atoms with Crippen molar-refractivity contribution >= 4 is 23.2 Å². The highest BCUT2D eigenvalue weighted by molar-refractivity contribution is 7.07. The van der Waals surface area contributed by atoms with Gasteiger partial charge < -0.3 is 9.64 Å². The fourth-order valence-corrected chi connectivity index (χ4v) is 3.46. The molecule has 1 fully saturated rings. The van der Waals surface area contributed by atoms with E-state index in [2.05, 4.69) is 26.5 Å². The molecule has 1 amide bonds. The van der Waals surface area contributed by atoms with Crippen molar-refractivity contribution in [2.45, 2.75) is 6.54 Å². The van der Waals surface area contributed by atoms with Crippen LogP contribution in [-0.2, 0) is 11.3 Å². The van der Waals surface area contributed by atoms with Gasteiger partial charge in [-0.1, -0.05) is 0 Å². The summed E-state index contributed by atoms with van der Waals surface area (Å²) in [6.07, 6.45) is 0. The average Bonchev–Trinajstić information content (AvgIpc) is 3.14. The minimum Gasteiger partial charge on any atom is -0.465 e. The number of carbonyl (C=O) groups excluding carboxylic acids is 2. The topological polar surface area (TPSA) is 49.9 Å². The smallest absolute Gasteiger partial charge is 0.337 e. The lowest BCUT2D eigenvalue weighted by atomic mass is 10.1. The van der Waals surface area contributed by atoms with Crippen molar-refractivity contribution in [2.75, 3.05) is 33.3 Å². The largest absolute Gasteiger partial charge is 0.465 e. The van der Waals surface area contributed by atoms with Crippen LogP contribution in [0.5, 0.6) is 0 Å². The van der Waals surface area contributed by atoms with Crippen LogP contribution in [0.15, 0.2) is 41.1 Å². The number of hydrogen-bond acceptors (Lipinski definition) is 5. The van der Waals surface area contributed by atoms with Gasteiger partial charge >= 0.3 is 5.97 Å². The molecule has 0 bridgehead atoms. The molecule has 1 aliphatic rings. The van der Waals surface area contributed by atoms with Crippen LogP contribution in [0.4, 0.5) is 0 Å². The van der Waals surface area contributed by atoms with Crippen LogP contribution in [-0.4, -0.2) is 55.0 Å². The Balaban J connectivity index is 1.55. The van der Waals surface area contributed by atoms with Gasteiger partial charge in [0.15, 0.2) is 0 Å². The Bertz CT molecular complexity index is 690. The first-order valence-electron chi connectivity index (χ1n) is 7.88. The molecule has 24 heavy (non-hydrogen) atoms. The van der Waals surface area contributed by atoms with Gasteiger partial charge in [0.25, 0.3) is 5.91 Å². The van der Waals surface area contributed by atoms with E-state index in [1.807, 2.05) is 4.90 Å². The zero-order chi connectivity index (χ0) is 16.9. The van der Waals surface area contributed by atoms with Crippen LogP contribution in [0.25, 0.3) is 0 Å². The maximum Gasteiger partial charge on any atom is 0.337 e. The summed E-state index contributed by atoms with van der Waals surface area (Å²) >= 11 is 1.71. The van der Waals surface area contributed by atoms with Gasteiger partial charge in [-0.2, -0.15) is 11.3 Å². The Morgan fingerprint density at radius 1 is 1.04 bits per heavy atom. The minimum absolute atomic E-state index is 0.0154. The van der Waals surface area contributed by atoms with Crippen molar-refractivity contribution in [2.24, 2.45) is 0 Å². The number of piperazine rings is 1. The number of thiophene rings is 1. The molecular weight excluding hydrogens is 324 g/mol. The molecule has 5 nitrogen and oxygen atoms in total. The van der Waals surface area contributed by atoms with Crippen molar-refractivity contribution < 1.29 is 14.3 Å². The molecule has 0 N–H and O–H groups in total. The quantitative estimate of drug-likeness (QED) is 0.800. The predicted molar refractivity (Wildman–Crippen MR) is 93.3 cm³/mol. The van der Waals surface area contributed by atoms with E-state index >= 15 is 0 Å². The molecule has 1 aromatic heterocycles. The summed E-state index contributed by atoms with van der Waals surface area (Å²) in [5.74, 6) is -0.377. The number of nitrogens with zero attached hydrogens (tertiary/aromatic N) is 2. The Hall–Kier alpha value is -2.18. The molecule has 0 atom stereocenters. The maximum absolute atomic E-state index is 12.6. The highest BCUT2D eigenvalue weighted by atomic mass is 32.1. The minimum atomic E-state index is -0.393. The number of ether oxygens (including phenoxy) is 1. The van der Waals surface area contributed by atoms with E-state index in [9.17, 15) is 9.59 Å². The van der Waals surface area contributed by atoms with Crippen LogP contribution >= 0.6 is 11.3 Å². The first kappa shape index (κ1) is 16.7. The Labute approximate surface area is 145 Å². The summed E-state index contributed by atoms with van der Waals surface area (Å²) < 4.78 is 4.67. The molecule has 1 saturated heterocycles. The summed E-state index contributed by atoms with van der Waals surface area (Å²) in [4.78, 5) is 28.2. The third kappa shape index (κ3) is 3.83. The number of methoxy groups -OCH3 is 1. The third-order valence-electron chi connectivity index (χ3n) is 4.20. The van der Waals surface area contributed by atoms with Gasteiger partial charge in [-0.25, -0.2) is 4.79 Å². The molecule has 0 aliphatic carbocycles. The van der Waals surface area contributed by atoms with Crippen molar-refractivity contribution in [1.82, 2.24) is 9.80 Å². The second-order valence-electron chi connectivity index (χ2n) is 5.77. The lowest BCUT2D eigenvalue weighted by Gasteiger charge is -2.34. The van der Waals surface area contributed by atoms with Crippen LogP contribution < -0.4 is 0 Å². The molecule has 3 rings (SSSR count). The average molecular weight is 344 g/mol.